The molecule has 2 N–H and O–H groups in total. The number of anilines is 2. The number of nitro groups is 1. The molecular weight excluding hydrogens is 262 g/mol. The lowest BCUT2D eigenvalue weighted by atomic mass is 10.1. The van der Waals surface area contributed by atoms with Gasteiger partial charge in [0.25, 0.3) is 0 Å². The summed E-state index contributed by atoms with van der Waals surface area (Å²) in [6, 6.07) is 0. The molecule has 110 valence electrons. The van der Waals surface area contributed by atoms with Crippen molar-refractivity contribution in [3.63, 3.8) is 0 Å². The van der Waals surface area contributed by atoms with Crippen LogP contribution in [0.25, 0.3) is 0 Å². The Morgan fingerprint density at radius 3 is 3.15 bits per heavy atom. The Morgan fingerprint density at radius 2 is 2.45 bits per heavy atom. The molecule has 8 heteroatoms. The highest BCUT2D eigenvalue weighted by molar-refractivity contribution is 5.58. The molecule has 8 nitrogen and oxygen atoms in total. The van der Waals surface area contributed by atoms with Crippen LogP contribution in [-0.4, -0.2) is 40.7 Å². The van der Waals surface area contributed by atoms with E-state index in [1.54, 1.807) is 0 Å². The Balaban J connectivity index is 2.17. The molecule has 1 unspecified atom stereocenters. The summed E-state index contributed by atoms with van der Waals surface area (Å²) in [5.74, 6) is 0.328. The Hall–Kier alpha value is -1.96. The average molecular weight is 281 g/mol. The van der Waals surface area contributed by atoms with Gasteiger partial charge in [-0.2, -0.15) is 4.98 Å². The number of aromatic nitrogens is 2. The highest BCUT2D eigenvalue weighted by Gasteiger charge is 2.27. The summed E-state index contributed by atoms with van der Waals surface area (Å²) in [5, 5.41) is 11.1. The molecule has 2 heterocycles. The summed E-state index contributed by atoms with van der Waals surface area (Å²) >= 11 is 0. The number of ether oxygens (including phenoxy) is 1. The number of rotatable bonds is 5. The Labute approximate surface area is 117 Å². The first-order valence-electron chi connectivity index (χ1n) is 6.75. The molecule has 1 aromatic heterocycles. The average Bonchev–Trinajstić information content (AvgIpc) is 2.45. The number of piperidine rings is 1. The molecular formula is C12H19N5O3. The maximum atomic E-state index is 11.1. The third-order valence-electron chi connectivity index (χ3n) is 3.20. The topological polar surface area (TPSA) is 107 Å². The molecule has 0 spiro atoms. The highest BCUT2D eigenvalue weighted by Crippen LogP contribution is 2.28. The van der Waals surface area contributed by atoms with Gasteiger partial charge in [0.1, 0.15) is 6.20 Å². The monoisotopic (exact) mass is 281 g/mol. The molecule has 1 aromatic rings. The van der Waals surface area contributed by atoms with E-state index in [4.69, 9.17) is 10.5 Å². The minimum Gasteiger partial charge on any atom is -0.376 e. The summed E-state index contributed by atoms with van der Waals surface area (Å²) in [7, 11) is 0. The van der Waals surface area contributed by atoms with E-state index < -0.39 is 4.92 Å². The predicted octanol–water partition coefficient (Wildman–Crippen LogP) is 1.36. The summed E-state index contributed by atoms with van der Waals surface area (Å²) in [4.78, 5) is 20.2. The fourth-order valence-corrected chi connectivity index (χ4v) is 2.29. The lowest BCUT2D eigenvalue weighted by Crippen LogP contribution is -2.40. The zero-order valence-electron chi connectivity index (χ0n) is 11.5. The van der Waals surface area contributed by atoms with E-state index in [9.17, 15) is 10.1 Å². The minimum absolute atomic E-state index is 0.0437. The summed E-state index contributed by atoms with van der Waals surface area (Å²) in [6.07, 6.45) is 4.07. The fraction of sp³-hybridized carbons (Fsp3) is 0.667. The van der Waals surface area contributed by atoms with Crippen LogP contribution in [0.5, 0.6) is 0 Å². The molecule has 0 aromatic carbocycles. The smallest absolute Gasteiger partial charge is 0.329 e. The molecule has 1 fully saturated rings. The van der Waals surface area contributed by atoms with E-state index >= 15 is 0 Å². The third kappa shape index (κ3) is 3.32. The van der Waals surface area contributed by atoms with Crippen molar-refractivity contribution in [2.45, 2.75) is 32.3 Å². The van der Waals surface area contributed by atoms with E-state index in [-0.39, 0.29) is 23.6 Å². The molecule has 0 bridgehead atoms. The Morgan fingerprint density at radius 1 is 1.65 bits per heavy atom. The van der Waals surface area contributed by atoms with Gasteiger partial charge in [-0.25, -0.2) is 4.98 Å². The van der Waals surface area contributed by atoms with Crippen LogP contribution < -0.4 is 10.6 Å². The zero-order valence-corrected chi connectivity index (χ0v) is 11.5. The van der Waals surface area contributed by atoms with Gasteiger partial charge >= 0.3 is 5.69 Å². The summed E-state index contributed by atoms with van der Waals surface area (Å²) in [5.41, 5.74) is 5.43. The van der Waals surface area contributed by atoms with Gasteiger partial charge in [-0.1, -0.05) is 6.92 Å². The van der Waals surface area contributed by atoms with E-state index in [1.165, 1.54) is 0 Å². The SMILES string of the molecule is CCCOC1CCCN(c2nc(N)ncc2[N+](=O)[O-])C1. The molecule has 1 saturated heterocycles. The second-order valence-corrected chi connectivity index (χ2v) is 4.78. The third-order valence-corrected chi connectivity index (χ3v) is 3.20. The van der Waals surface area contributed by atoms with Gasteiger partial charge in [0.05, 0.1) is 11.0 Å². The fourth-order valence-electron chi connectivity index (χ4n) is 2.29. The second-order valence-electron chi connectivity index (χ2n) is 4.78. The maximum absolute atomic E-state index is 11.1. The van der Waals surface area contributed by atoms with Crippen LogP contribution in [0.1, 0.15) is 26.2 Å². The predicted molar refractivity (Wildman–Crippen MR) is 74.6 cm³/mol. The molecule has 0 saturated carbocycles. The van der Waals surface area contributed by atoms with Crippen molar-refractivity contribution in [2.24, 2.45) is 0 Å². The lowest BCUT2D eigenvalue weighted by molar-refractivity contribution is -0.384. The van der Waals surface area contributed by atoms with Crippen LogP contribution in [0.15, 0.2) is 6.20 Å². The summed E-state index contributed by atoms with van der Waals surface area (Å²) < 4.78 is 5.73. The number of nitrogen functional groups attached to an aromatic ring is 1. The van der Waals surface area contributed by atoms with E-state index in [0.717, 1.165) is 25.5 Å². The molecule has 1 aliphatic heterocycles. The van der Waals surface area contributed by atoms with Gasteiger partial charge in [-0.05, 0) is 19.3 Å². The number of hydrogen-bond donors (Lipinski definition) is 1. The van der Waals surface area contributed by atoms with Crippen molar-refractivity contribution < 1.29 is 9.66 Å². The highest BCUT2D eigenvalue weighted by atomic mass is 16.6. The van der Waals surface area contributed by atoms with Gasteiger partial charge in [-0.15, -0.1) is 0 Å². The zero-order chi connectivity index (χ0) is 14.5. The standard InChI is InChI=1S/C12H19N5O3/c1-2-6-20-9-4-3-5-16(8-9)11-10(17(18)19)7-14-12(13)15-11/h7,9H,2-6,8H2,1H3,(H2,13,14,15). The molecule has 1 atom stereocenters. The van der Waals surface area contributed by atoms with Crippen molar-refractivity contribution in [3.8, 4) is 0 Å². The normalized spacial score (nSPS) is 19.1. The number of hydrogen-bond acceptors (Lipinski definition) is 7. The number of nitrogens with zero attached hydrogens (tertiary/aromatic N) is 4. The van der Waals surface area contributed by atoms with Gasteiger partial charge in [0, 0.05) is 19.7 Å². The van der Waals surface area contributed by atoms with Crippen molar-refractivity contribution in [3.05, 3.63) is 16.3 Å². The van der Waals surface area contributed by atoms with Crippen molar-refractivity contribution in [2.75, 3.05) is 30.3 Å². The van der Waals surface area contributed by atoms with Crippen LogP contribution in [-0.2, 0) is 4.74 Å². The van der Waals surface area contributed by atoms with Gasteiger partial charge in [-0.3, -0.25) is 10.1 Å². The van der Waals surface area contributed by atoms with Crippen LogP contribution in [0, 0.1) is 10.1 Å². The number of nitrogens with two attached hydrogens (primary N) is 1. The first kappa shape index (κ1) is 14.4. The van der Waals surface area contributed by atoms with Crippen LogP contribution in [0.4, 0.5) is 17.5 Å². The maximum Gasteiger partial charge on any atom is 0.329 e. The van der Waals surface area contributed by atoms with Crippen LogP contribution in [0.2, 0.25) is 0 Å². The molecule has 20 heavy (non-hydrogen) atoms. The molecule has 0 amide bonds. The lowest BCUT2D eigenvalue weighted by Gasteiger charge is -2.33. The van der Waals surface area contributed by atoms with Gasteiger partial charge < -0.3 is 15.4 Å². The Bertz CT molecular complexity index is 482. The van der Waals surface area contributed by atoms with Gasteiger partial charge in [0.2, 0.25) is 11.8 Å². The first-order chi connectivity index (χ1) is 9.61. The second kappa shape index (κ2) is 6.47. The van der Waals surface area contributed by atoms with E-state index in [0.29, 0.717) is 19.7 Å². The molecule has 1 aliphatic rings. The molecule has 0 radical (unpaired) electrons. The first-order valence-corrected chi connectivity index (χ1v) is 6.75. The largest absolute Gasteiger partial charge is 0.376 e. The van der Waals surface area contributed by atoms with E-state index in [2.05, 4.69) is 16.9 Å². The minimum atomic E-state index is -0.481. The molecule has 0 aliphatic carbocycles. The molecule has 2 rings (SSSR count). The quantitative estimate of drug-likeness (QED) is 0.641. The Kier molecular flexibility index (Phi) is 4.67. The van der Waals surface area contributed by atoms with Crippen LogP contribution >= 0.6 is 0 Å². The van der Waals surface area contributed by atoms with Crippen molar-refractivity contribution in [1.29, 1.82) is 0 Å². The van der Waals surface area contributed by atoms with Crippen LogP contribution in [0.3, 0.4) is 0 Å². The van der Waals surface area contributed by atoms with Crippen molar-refractivity contribution >= 4 is 17.5 Å². The summed E-state index contributed by atoms with van der Waals surface area (Å²) in [6.45, 7) is 4.06. The van der Waals surface area contributed by atoms with E-state index in [1.807, 2.05) is 4.90 Å². The van der Waals surface area contributed by atoms with Crippen molar-refractivity contribution in [1.82, 2.24) is 9.97 Å². The van der Waals surface area contributed by atoms with Gasteiger partial charge in [0.15, 0.2) is 0 Å².